The molecule has 0 radical (unpaired) electrons. The van der Waals surface area contributed by atoms with Gasteiger partial charge in [-0.15, -0.1) is 0 Å². The van der Waals surface area contributed by atoms with Gasteiger partial charge in [-0.3, -0.25) is 14.5 Å². The fourth-order valence-electron chi connectivity index (χ4n) is 3.09. The molecule has 2 aliphatic heterocycles. The standard InChI is InChI=1S/C16H20N4O3/c1-16(2)14(22)20(15(23)18-16)9-13(21)19-8-4-5-10-11(17)6-3-7-12(10)19/h3,6-7H,4-5,8-9,17H2,1-2H3,(H,18,23). The number of nitrogens with one attached hydrogen (secondary N) is 1. The summed E-state index contributed by atoms with van der Waals surface area (Å²) in [7, 11) is 0. The summed E-state index contributed by atoms with van der Waals surface area (Å²) >= 11 is 0. The lowest BCUT2D eigenvalue weighted by molar-refractivity contribution is -0.133. The van der Waals surface area contributed by atoms with Crippen molar-refractivity contribution in [2.75, 3.05) is 23.7 Å². The van der Waals surface area contributed by atoms with Gasteiger partial charge < -0.3 is 16.0 Å². The molecule has 7 nitrogen and oxygen atoms in total. The van der Waals surface area contributed by atoms with E-state index in [0.29, 0.717) is 12.2 Å². The van der Waals surface area contributed by atoms with Crippen molar-refractivity contribution in [1.82, 2.24) is 10.2 Å². The minimum absolute atomic E-state index is 0.262. The average Bonchev–Trinajstić information content (AvgIpc) is 2.69. The van der Waals surface area contributed by atoms with Gasteiger partial charge in [0.25, 0.3) is 5.91 Å². The van der Waals surface area contributed by atoms with E-state index in [4.69, 9.17) is 5.73 Å². The highest BCUT2D eigenvalue weighted by molar-refractivity contribution is 6.10. The number of hydrogen-bond donors (Lipinski definition) is 2. The highest BCUT2D eigenvalue weighted by Gasteiger charge is 2.45. The van der Waals surface area contributed by atoms with Crippen molar-refractivity contribution in [3.63, 3.8) is 0 Å². The summed E-state index contributed by atoms with van der Waals surface area (Å²) in [5, 5.41) is 2.58. The van der Waals surface area contributed by atoms with Crippen LogP contribution in [0.3, 0.4) is 0 Å². The zero-order valence-corrected chi connectivity index (χ0v) is 13.3. The lowest BCUT2D eigenvalue weighted by Gasteiger charge is -2.31. The number of benzene rings is 1. The van der Waals surface area contributed by atoms with Gasteiger partial charge in [-0.05, 0) is 44.4 Å². The Balaban J connectivity index is 1.82. The first-order valence-electron chi connectivity index (χ1n) is 7.63. The molecule has 1 aromatic rings. The minimum atomic E-state index is -0.971. The number of fused-ring (bicyclic) bond motifs is 1. The monoisotopic (exact) mass is 316 g/mol. The normalized spacial score (nSPS) is 19.6. The molecule has 0 bridgehead atoms. The van der Waals surface area contributed by atoms with E-state index < -0.39 is 11.6 Å². The van der Waals surface area contributed by atoms with Crippen molar-refractivity contribution >= 4 is 29.2 Å². The number of carbonyl (C=O) groups excluding carboxylic acids is 3. The van der Waals surface area contributed by atoms with Gasteiger partial charge in [0.1, 0.15) is 12.1 Å². The van der Waals surface area contributed by atoms with Gasteiger partial charge in [0.2, 0.25) is 5.91 Å². The van der Waals surface area contributed by atoms with Crippen LogP contribution >= 0.6 is 0 Å². The van der Waals surface area contributed by atoms with Gasteiger partial charge in [0, 0.05) is 17.9 Å². The minimum Gasteiger partial charge on any atom is -0.398 e. The van der Waals surface area contributed by atoms with E-state index >= 15 is 0 Å². The topological polar surface area (TPSA) is 95.7 Å². The summed E-state index contributed by atoms with van der Waals surface area (Å²) in [6.45, 7) is 3.54. The number of carbonyl (C=O) groups is 3. The Morgan fingerprint density at radius 1 is 1.35 bits per heavy atom. The van der Waals surface area contributed by atoms with Gasteiger partial charge in [-0.25, -0.2) is 4.79 Å². The van der Waals surface area contributed by atoms with Crippen molar-refractivity contribution in [2.24, 2.45) is 0 Å². The summed E-state index contributed by atoms with van der Waals surface area (Å²) in [4.78, 5) is 39.4. The van der Waals surface area contributed by atoms with Crippen LogP contribution in [0.1, 0.15) is 25.8 Å². The van der Waals surface area contributed by atoms with Crippen molar-refractivity contribution in [3.8, 4) is 0 Å². The number of hydrogen-bond acceptors (Lipinski definition) is 4. The second-order valence-corrected chi connectivity index (χ2v) is 6.44. The zero-order valence-electron chi connectivity index (χ0n) is 13.3. The molecular formula is C16H20N4O3. The molecule has 23 heavy (non-hydrogen) atoms. The Bertz CT molecular complexity index is 699. The van der Waals surface area contributed by atoms with Crippen LogP contribution in [0.25, 0.3) is 0 Å². The van der Waals surface area contributed by atoms with E-state index in [1.54, 1.807) is 24.8 Å². The Morgan fingerprint density at radius 3 is 2.74 bits per heavy atom. The second-order valence-electron chi connectivity index (χ2n) is 6.44. The van der Waals surface area contributed by atoms with Gasteiger partial charge in [-0.1, -0.05) is 6.07 Å². The molecule has 3 rings (SSSR count). The summed E-state index contributed by atoms with van der Waals surface area (Å²) in [6, 6.07) is 4.93. The molecule has 1 aromatic carbocycles. The molecule has 0 unspecified atom stereocenters. The molecule has 1 fully saturated rings. The van der Waals surface area contributed by atoms with Crippen molar-refractivity contribution < 1.29 is 14.4 Å². The molecule has 2 heterocycles. The Labute approximate surface area is 134 Å². The van der Waals surface area contributed by atoms with Crippen LogP contribution in [0, 0.1) is 0 Å². The Morgan fingerprint density at radius 2 is 2.09 bits per heavy atom. The van der Waals surface area contributed by atoms with E-state index in [2.05, 4.69) is 5.32 Å². The molecule has 0 aromatic heterocycles. The lowest BCUT2D eigenvalue weighted by Crippen LogP contribution is -2.46. The molecule has 2 aliphatic rings. The third kappa shape index (κ3) is 2.52. The van der Waals surface area contributed by atoms with E-state index in [1.807, 2.05) is 12.1 Å². The van der Waals surface area contributed by atoms with Gasteiger partial charge in [-0.2, -0.15) is 0 Å². The van der Waals surface area contributed by atoms with Crippen LogP contribution in [0.5, 0.6) is 0 Å². The lowest BCUT2D eigenvalue weighted by atomic mass is 10.00. The number of nitrogens with two attached hydrogens (primary N) is 1. The van der Waals surface area contributed by atoms with Crippen molar-refractivity contribution in [1.29, 1.82) is 0 Å². The predicted molar refractivity (Wildman–Crippen MR) is 85.9 cm³/mol. The van der Waals surface area contributed by atoms with E-state index in [1.165, 1.54) is 0 Å². The zero-order chi connectivity index (χ0) is 16.8. The fraction of sp³-hybridized carbons (Fsp3) is 0.438. The summed E-state index contributed by atoms with van der Waals surface area (Å²) < 4.78 is 0. The molecule has 0 saturated carbocycles. The van der Waals surface area contributed by atoms with E-state index in [9.17, 15) is 14.4 Å². The number of nitrogens with zero attached hydrogens (tertiary/aromatic N) is 2. The quantitative estimate of drug-likeness (QED) is 0.625. The molecule has 4 amide bonds. The number of rotatable bonds is 2. The van der Waals surface area contributed by atoms with E-state index in [-0.39, 0.29) is 18.4 Å². The third-order valence-corrected chi connectivity index (χ3v) is 4.33. The molecule has 1 saturated heterocycles. The smallest absolute Gasteiger partial charge is 0.325 e. The Kier molecular flexibility index (Phi) is 3.50. The molecule has 0 aliphatic carbocycles. The summed E-state index contributed by atoms with van der Waals surface area (Å²) in [6.07, 6.45) is 1.63. The number of urea groups is 1. The van der Waals surface area contributed by atoms with Crippen LogP contribution in [0.2, 0.25) is 0 Å². The average molecular weight is 316 g/mol. The number of imide groups is 1. The van der Waals surface area contributed by atoms with Crippen LogP contribution in [-0.4, -0.2) is 41.4 Å². The van der Waals surface area contributed by atoms with Gasteiger partial charge in [0.15, 0.2) is 0 Å². The second kappa shape index (κ2) is 5.26. The van der Waals surface area contributed by atoms with Crippen LogP contribution in [-0.2, 0) is 16.0 Å². The first kappa shape index (κ1) is 15.3. The van der Waals surface area contributed by atoms with Crippen LogP contribution in [0.4, 0.5) is 16.2 Å². The summed E-state index contributed by atoms with van der Waals surface area (Å²) in [5.74, 6) is -0.668. The predicted octanol–water partition coefficient (Wildman–Crippen LogP) is 0.878. The van der Waals surface area contributed by atoms with Gasteiger partial charge >= 0.3 is 6.03 Å². The molecule has 7 heteroatoms. The SMILES string of the molecule is CC1(C)NC(=O)N(CC(=O)N2CCCc3c(N)cccc32)C1=O. The van der Waals surface area contributed by atoms with Gasteiger partial charge in [0.05, 0.1) is 0 Å². The molecular weight excluding hydrogens is 296 g/mol. The Hall–Kier alpha value is -2.57. The number of amides is 4. The third-order valence-electron chi connectivity index (χ3n) is 4.33. The first-order valence-corrected chi connectivity index (χ1v) is 7.63. The highest BCUT2D eigenvalue weighted by Crippen LogP contribution is 2.31. The van der Waals surface area contributed by atoms with Crippen molar-refractivity contribution in [2.45, 2.75) is 32.2 Å². The largest absolute Gasteiger partial charge is 0.398 e. The van der Waals surface area contributed by atoms with E-state index in [0.717, 1.165) is 29.0 Å². The maximum Gasteiger partial charge on any atom is 0.325 e. The molecule has 0 atom stereocenters. The van der Waals surface area contributed by atoms with Crippen LogP contribution < -0.4 is 16.0 Å². The first-order chi connectivity index (χ1) is 10.8. The molecule has 0 spiro atoms. The number of anilines is 2. The maximum atomic E-state index is 12.6. The van der Waals surface area contributed by atoms with Crippen molar-refractivity contribution in [3.05, 3.63) is 23.8 Å². The van der Waals surface area contributed by atoms with Crippen LogP contribution in [0.15, 0.2) is 18.2 Å². The number of nitrogen functional groups attached to an aromatic ring is 1. The summed E-state index contributed by atoms with van der Waals surface area (Å²) in [5.41, 5.74) is 7.39. The molecule has 122 valence electrons. The highest BCUT2D eigenvalue weighted by atomic mass is 16.2. The maximum absolute atomic E-state index is 12.6. The fourth-order valence-corrected chi connectivity index (χ4v) is 3.09. The molecule has 3 N–H and O–H groups in total.